The van der Waals surface area contributed by atoms with E-state index in [1.807, 2.05) is 6.08 Å². The minimum absolute atomic E-state index is 0.163. The van der Waals surface area contributed by atoms with Crippen LogP contribution in [0.3, 0.4) is 0 Å². The number of hydrogen-bond donors (Lipinski definition) is 2. The Morgan fingerprint density at radius 3 is 1.52 bits per heavy atom. The first-order valence-corrected chi connectivity index (χ1v) is 9.90. The van der Waals surface area contributed by atoms with E-state index in [-0.39, 0.29) is 6.61 Å². The van der Waals surface area contributed by atoms with E-state index in [4.69, 9.17) is 9.79 Å². The molecule has 0 unspecified atom stereocenters. The molecule has 0 aliphatic carbocycles. The fraction of sp³-hybridized carbons (Fsp3) is 0.875. The molecular weight excluding hydrogens is 287 g/mol. The Morgan fingerprint density at radius 1 is 0.762 bits per heavy atom. The van der Waals surface area contributed by atoms with Gasteiger partial charge in [-0.25, -0.2) is 4.57 Å². The molecule has 0 saturated heterocycles. The van der Waals surface area contributed by atoms with Gasteiger partial charge in [0.25, 0.3) is 0 Å². The van der Waals surface area contributed by atoms with E-state index in [9.17, 15) is 4.57 Å². The second-order valence-electron chi connectivity index (χ2n) is 5.64. The lowest BCUT2D eigenvalue weighted by Gasteiger charge is -2.05. The summed E-state index contributed by atoms with van der Waals surface area (Å²) in [5.74, 6) is 0. The summed E-state index contributed by atoms with van der Waals surface area (Å²) in [7, 11) is -4.26. The van der Waals surface area contributed by atoms with Gasteiger partial charge in [-0.1, -0.05) is 70.3 Å². The zero-order chi connectivity index (χ0) is 15.8. The van der Waals surface area contributed by atoms with Crippen LogP contribution in [-0.2, 0) is 9.09 Å². The summed E-state index contributed by atoms with van der Waals surface area (Å²) in [6.07, 6.45) is 17.8. The van der Waals surface area contributed by atoms with Gasteiger partial charge in [-0.05, 0) is 19.3 Å². The Labute approximate surface area is 130 Å². The number of phosphoric ester groups is 1. The van der Waals surface area contributed by atoms with Crippen LogP contribution >= 0.6 is 7.82 Å². The van der Waals surface area contributed by atoms with Crippen molar-refractivity contribution >= 4 is 7.82 Å². The average molecular weight is 320 g/mol. The third-order valence-electron chi connectivity index (χ3n) is 3.56. The maximum Gasteiger partial charge on any atom is 0.469 e. The Bertz CT molecular complexity index is 275. The molecule has 0 rings (SSSR count). The van der Waals surface area contributed by atoms with E-state index in [0.29, 0.717) is 0 Å². The molecule has 4 nitrogen and oxygen atoms in total. The third-order valence-corrected chi connectivity index (χ3v) is 4.08. The highest BCUT2D eigenvalue weighted by molar-refractivity contribution is 7.46. The van der Waals surface area contributed by atoms with Gasteiger partial charge in [0, 0.05) is 0 Å². The second kappa shape index (κ2) is 14.8. The van der Waals surface area contributed by atoms with E-state index < -0.39 is 7.82 Å². The summed E-state index contributed by atoms with van der Waals surface area (Å²) in [6, 6.07) is 0. The van der Waals surface area contributed by atoms with Gasteiger partial charge in [-0.3, -0.25) is 4.52 Å². The summed E-state index contributed by atoms with van der Waals surface area (Å²) < 4.78 is 14.8. The highest BCUT2D eigenvalue weighted by Gasteiger charge is 2.12. The van der Waals surface area contributed by atoms with Gasteiger partial charge in [-0.15, -0.1) is 6.58 Å². The normalized spacial score (nSPS) is 11.7. The predicted molar refractivity (Wildman–Crippen MR) is 88.2 cm³/mol. The lowest BCUT2D eigenvalue weighted by atomic mass is 10.0. The maximum absolute atomic E-state index is 10.4. The van der Waals surface area contributed by atoms with Gasteiger partial charge in [-0.2, -0.15) is 0 Å². The fourth-order valence-electron chi connectivity index (χ4n) is 2.34. The average Bonchev–Trinajstić information content (AvgIpc) is 2.42. The van der Waals surface area contributed by atoms with E-state index >= 15 is 0 Å². The van der Waals surface area contributed by atoms with Crippen LogP contribution in [0.15, 0.2) is 12.7 Å². The lowest BCUT2D eigenvalue weighted by Crippen LogP contribution is -1.92. The minimum Gasteiger partial charge on any atom is -0.303 e. The summed E-state index contributed by atoms with van der Waals surface area (Å²) in [6.45, 7) is 3.89. The largest absolute Gasteiger partial charge is 0.469 e. The smallest absolute Gasteiger partial charge is 0.303 e. The van der Waals surface area contributed by atoms with Crippen molar-refractivity contribution < 1.29 is 18.9 Å². The van der Waals surface area contributed by atoms with Crippen molar-refractivity contribution in [3.8, 4) is 0 Å². The Morgan fingerprint density at radius 2 is 1.14 bits per heavy atom. The van der Waals surface area contributed by atoms with Crippen molar-refractivity contribution in [1.82, 2.24) is 0 Å². The Kier molecular flexibility index (Phi) is 14.7. The van der Waals surface area contributed by atoms with E-state index in [2.05, 4.69) is 11.1 Å². The van der Waals surface area contributed by atoms with Gasteiger partial charge in [0.2, 0.25) is 0 Å². The second-order valence-corrected chi connectivity index (χ2v) is 6.88. The van der Waals surface area contributed by atoms with Crippen LogP contribution < -0.4 is 0 Å². The molecule has 0 aromatic heterocycles. The molecule has 0 aliphatic heterocycles. The molecule has 0 heterocycles. The number of hydrogen-bond acceptors (Lipinski definition) is 2. The van der Waals surface area contributed by atoms with E-state index in [0.717, 1.165) is 25.7 Å². The van der Waals surface area contributed by atoms with E-state index in [1.54, 1.807) is 0 Å². The van der Waals surface area contributed by atoms with Crippen molar-refractivity contribution in [2.75, 3.05) is 6.61 Å². The van der Waals surface area contributed by atoms with Gasteiger partial charge >= 0.3 is 7.82 Å². The monoisotopic (exact) mass is 320 g/mol. The lowest BCUT2D eigenvalue weighted by molar-refractivity contribution is 0.193. The highest BCUT2D eigenvalue weighted by atomic mass is 31.2. The molecule has 0 saturated carbocycles. The van der Waals surface area contributed by atoms with E-state index in [1.165, 1.54) is 57.8 Å². The molecule has 0 fully saturated rings. The summed E-state index contributed by atoms with van der Waals surface area (Å²) in [4.78, 5) is 17.0. The van der Waals surface area contributed by atoms with Crippen LogP contribution in [0.2, 0.25) is 0 Å². The van der Waals surface area contributed by atoms with Gasteiger partial charge in [0.15, 0.2) is 0 Å². The molecule has 0 bridgehead atoms. The van der Waals surface area contributed by atoms with Crippen LogP contribution in [0.25, 0.3) is 0 Å². The molecule has 0 amide bonds. The molecule has 126 valence electrons. The molecule has 5 heteroatoms. The first kappa shape index (κ1) is 20.9. The molecule has 0 aliphatic rings. The fourth-order valence-corrected chi connectivity index (χ4v) is 2.71. The number of unbranched alkanes of at least 4 members (excludes halogenated alkanes) is 12. The van der Waals surface area contributed by atoms with Crippen LogP contribution in [0.5, 0.6) is 0 Å². The standard InChI is InChI=1S/C16H33O4P/c1-2-3-4-5-6-7-8-9-10-11-12-13-14-15-16-20-21(17,18)19/h2H,1,3-16H2,(H2,17,18,19). The Hall–Kier alpha value is -0.150. The molecule has 0 aromatic rings. The molecule has 0 spiro atoms. The number of rotatable bonds is 16. The molecule has 0 radical (unpaired) electrons. The number of allylic oxidation sites excluding steroid dienone is 1. The van der Waals surface area contributed by atoms with Crippen LogP contribution in [0.1, 0.15) is 83.5 Å². The summed E-state index contributed by atoms with van der Waals surface area (Å²) in [5.41, 5.74) is 0. The highest BCUT2D eigenvalue weighted by Crippen LogP contribution is 2.35. The molecular formula is C16H33O4P. The summed E-state index contributed by atoms with van der Waals surface area (Å²) >= 11 is 0. The van der Waals surface area contributed by atoms with Gasteiger partial charge in [0.1, 0.15) is 0 Å². The topological polar surface area (TPSA) is 66.8 Å². The molecule has 0 aromatic carbocycles. The zero-order valence-electron chi connectivity index (χ0n) is 13.3. The van der Waals surface area contributed by atoms with Crippen molar-refractivity contribution in [2.24, 2.45) is 0 Å². The predicted octanol–water partition coefficient (Wildman–Crippen LogP) is 5.35. The first-order valence-electron chi connectivity index (χ1n) is 8.37. The van der Waals surface area contributed by atoms with Crippen molar-refractivity contribution in [3.63, 3.8) is 0 Å². The van der Waals surface area contributed by atoms with Crippen LogP contribution in [0, 0.1) is 0 Å². The van der Waals surface area contributed by atoms with Gasteiger partial charge in [0.05, 0.1) is 6.61 Å². The Balaban J connectivity index is 3.03. The van der Waals surface area contributed by atoms with Crippen molar-refractivity contribution in [3.05, 3.63) is 12.7 Å². The van der Waals surface area contributed by atoms with Crippen molar-refractivity contribution in [1.29, 1.82) is 0 Å². The zero-order valence-corrected chi connectivity index (χ0v) is 14.2. The number of phosphoric acid groups is 1. The minimum atomic E-state index is -4.26. The SMILES string of the molecule is C=CCCCCCCCCCCCCCCOP(=O)(O)O. The molecule has 2 N–H and O–H groups in total. The quantitative estimate of drug-likeness (QED) is 0.228. The van der Waals surface area contributed by atoms with Crippen molar-refractivity contribution in [2.45, 2.75) is 83.5 Å². The van der Waals surface area contributed by atoms with Crippen LogP contribution in [0.4, 0.5) is 0 Å². The summed E-state index contributed by atoms with van der Waals surface area (Å²) in [5, 5.41) is 0. The van der Waals surface area contributed by atoms with Gasteiger partial charge < -0.3 is 9.79 Å². The third kappa shape index (κ3) is 19.9. The first-order chi connectivity index (χ1) is 10.1. The molecule has 21 heavy (non-hydrogen) atoms. The molecule has 0 atom stereocenters. The van der Waals surface area contributed by atoms with Crippen LogP contribution in [-0.4, -0.2) is 16.4 Å². The maximum atomic E-state index is 10.4.